The van der Waals surface area contributed by atoms with Crippen molar-refractivity contribution < 1.29 is 27.6 Å². The van der Waals surface area contributed by atoms with E-state index in [9.17, 15) is 18.3 Å². The van der Waals surface area contributed by atoms with E-state index in [4.69, 9.17) is 9.29 Å². The number of hydrogen-bond acceptors (Lipinski definition) is 10. The zero-order valence-corrected chi connectivity index (χ0v) is 21.9. The summed E-state index contributed by atoms with van der Waals surface area (Å²) in [4.78, 5) is 27.9. The molecule has 12 nitrogen and oxygen atoms in total. The van der Waals surface area contributed by atoms with E-state index >= 15 is 0 Å². The summed E-state index contributed by atoms with van der Waals surface area (Å²) >= 11 is 1.37. The number of anilines is 1. The van der Waals surface area contributed by atoms with Gasteiger partial charge in [0.1, 0.15) is 24.1 Å². The molecule has 1 fully saturated rings. The number of aliphatic hydroxyl groups excluding tert-OH is 1. The Morgan fingerprint density at radius 3 is 2.86 bits per heavy atom. The van der Waals surface area contributed by atoms with Crippen LogP contribution in [0.4, 0.5) is 5.82 Å². The summed E-state index contributed by atoms with van der Waals surface area (Å²) in [5, 5.41) is 13.6. The minimum Gasteiger partial charge on any atom is -0.393 e. The van der Waals surface area contributed by atoms with Crippen molar-refractivity contribution in [3.63, 3.8) is 0 Å². The van der Waals surface area contributed by atoms with E-state index in [0.29, 0.717) is 35.7 Å². The molecule has 4 atom stereocenters. The molecule has 0 bridgehead atoms. The Kier molecular flexibility index (Phi) is 7.13. The number of nitrogens with one attached hydrogen (secondary N) is 2. The van der Waals surface area contributed by atoms with Crippen LogP contribution in [0, 0.1) is 19.8 Å². The van der Waals surface area contributed by atoms with Gasteiger partial charge in [-0.05, 0) is 32.8 Å². The third-order valence-corrected chi connectivity index (χ3v) is 8.46. The quantitative estimate of drug-likeness (QED) is 0.240. The Labute approximate surface area is 218 Å². The van der Waals surface area contributed by atoms with Gasteiger partial charge in [-0.1, -0.05) is 0 Å². The summed E-state index contributed by atoms with van der Waals surface area (Å²) in [6.07, 6.45) is 4.26. The van der Waals surface area contributed by atoms with Gasteiger partial charge in [0.05, 0.1) is 23.2 Å². The van der Waals surface area contributed by atoms with E-state index in [2.05, 4.69) is 24.8 Å². The second kappa shape index (κ2) is 10.2. The van der Waals surface area contributed by atoms with E-state index in [-0.39, 0.29) is 24.5 Å². The number of nitrogens with zero attached hydrogens (tertiary/aromatic N) is 4. The SMILES string of the molecule is Cc1sc(C(=O)c2cncnc2N[C@@H]2C[C@H](CNS(=O)(=O)O)[C@@H](O)C2)cc1[C@@H]1OCCn2c(C)cnc21. The topological polar surface area (TPSA) is 169 Å². The van der Waals surface area contributed by atoms with Crippen molar-refractivity contribution in [1.29, 1.82) is 0 Å². The number of aromatic nitrogens is 4. The van der Waals surface area contributed by atoms with E-state index in [1.807, 2.05) is 30.8 Å². The van der Waals surface area contributed by atoms with Crippen LogP contribution in [0.5, 0.6) is 0 Å². The summed E-state index contributed by atoms with van der Waals surface area (Å²) in [5.74, 6) is 0.538. The molecule has 0 unspecified atom stereocenters. The predicted molar refractivity (Wildman–Crippen MR) is 135 cm³/mol. The fraction of sp³-hybridized carbons (Fsp3) is 0.478. The molecule has 4 N–H and O–H groups in total. The van der Waals surface area contributed by atoms with Gasteiger partial charge in [0.25, 0.3) is 0 Å². The third-order valence-electron chi connectivity index (χ3n) is 6.87. The Morgan fingerprint density at radius 1 is 1.27 bits per heavy atom. The number of imidazole rings is 1. The number of aliphatic hydroxyl groups is 1. The molecular formula is C23H28N6O6S2. The number of thiophene rings is 1. The molecule has 5 rings (SSSR count). The van der Waals surface area contributed by atoms with Gasteiger partial charge in [0.2, 0.25) is 5.78 Å². The first kappa shape index (κ1) is 25.9. The zero-order chi connectivity index (χ0) is 26.3. The fourth-order valence-corrected chi connectivity index (χ4v) is 6.43. The number of carbonyl (C=O) groups excluding carboxylic acids is 1. The number of ketones is 1. The Bertz CT molecular complexity index is 1420. The average Bonchev–Trinajstić information content (AvgIpc) is 3.54. The van der Waals surface area contributed by atoms with Crippen LogP contribution in [0.3, 0.4) is 0 Å². The number of rotatable bonds is 8. The second-order valence-electron chi connectivity index (χ2n) is 9.36. The molecule has 1 aliphatic carbocycles. The van der Waals surface area contributed by atoms with Crippen molar-refractivity contribution >= 4 is 33.2 Å². The summed E-state index contributed by atoms with van der Waals surface area (Å²) in [6.45, 7) is 5.17. The molecule has 37 heavy (non-hydrogen) atoms. The maximum atomic E-state index is 13.6. The van der Waals surface area contributed by atoms with Crippen LogP contribution in [0.1, 0.15) is 56.1 Å². The van der Waals surface area contributed by atoms with Gasteiger partial charge in [0, 0.05) is 53.6 Å². The van der Waals surface area contributed by atoms with Crippen LogP contribution >= 0.6 is 11.3 Å². The Morgan fingerprint density at radius 2 is 2.08 bits per heavy atom. The molecule has 0 radical (unpaired) electrons. The predicted octanol–water partition coefficient (Wildman–Crippen LogP) is 1.65. The standard InChI is InChI=1S/C23H28N6O6S2/c1-12-8-25-23-21(35-4-3-29(12)23)16-7-19(36-13(16)2)20(31)17-10-24-11-26-22(17)28-15-5-14(18(30)6-15)9-27-37(32,33)34/h7-8,10-11,14-15,18,21,27,30H,3-6,9H2,1-2H3,(H,24,26,28)(H,32,33,34)/t14-,15-,18+,21+/m1/s1. The molecule has 3 aromatic rings. The van der Waals surface area contributed by atoms with Gasteiger partial charge < -0.3 is 19.7 Å². The normalized spacial score (nSPS) is 23.7. The van der Waals surface area contributed by atoms with Gasteiger partial charge in [-0.15, -0.1) is 11.3 Å². The highest BCUT2D eigenvalue weighted by atomic mass is 32.2. The van der Waals surface area contributed by atoms with Crippen molar-refractivity contribution in [2.75, 3.05) is 18.5 Å². The molecule has 3 aromatic heterocycles. The largest absolute Gasteiger partial charge is 0.393 e. The lowest BCUT2D eigenvalue weighted by Gasteiger charge is -2.25. The first-order chi connectivity index (χ1) is 17.6. The highest BCUT2D eigenvalue weighted by molar-refractivity contribution is 7.83. The summed E-state index contributed by atoms with van der Waals surface area (Å²) in [7, 11) is -4.34. The highest BCUT2D eigenvalue weighted by Crippen LogP contribution is 2.36. The monoisotopic (exact) mass is 548 g/mol. The lowest BCUT2D eigenvalue weighted by atomic mass is 10.1. The van der Waals surface area contributed by atoms with Crippen molar-refractivity contribution in [1.82, 2.24) is 24.2 Å². The van der Waals surface area contributed by atoms with Crippen LogP contribution in [-0.2, 0) is 21.6 Å². The Hall–Kier alpha value is -2.75. The number of hydrogen-bond donors (Lipinski definition) is 4. The number of aryl methyl sites for hydroxylation is 2. The third kappa shape index (κ3) is 5.44. The Balaban J connectivity index is 1.34. The molecule has 1 saturated carbocycles. The van der Waals surface area contributed by atoms with Crippen LogP contribution in [0.15, 0.2) is 24.8 Å². The van der Waals surface area contributed by atoms with Crippen molar-refractivity contribution in [2.24, 2.45) is 5.92 Å². The number of ether oxygens (including phenoxy) is 1. The zero-order valence-electron chi connectivity index (χ0n) is 20.3. The molecule has 4 heterocycles. The van der Waals surface area contributed by atoms with Gasteiger partial charge in [-0.3, -0.25) is 9.35 Å². The maximum absolute atomic E-state index is 13.6. The van der Waals surface area contributed by atoms with Crippen molar-refractivity contribution in [3.8, 4) is 0 Å². The van der Waals surface area contributed by atoms with Crippen LogP contribution in [-0.4, -0.2) is 68.7 Å². The van der Waals surface area contributed by atoms with Crippen LogP contribution in [0.2, 0.25) is 0 Å². The van der Waals surface area contributed by atoms with E-state index in [0.717, 1.165) is 28.5 Å². The molecule has 0 spiro atoms. The summed E-state index contributed by atoms with van der Waals surface area (Å²) < 4.78 is 41.1. The lowest BCUT2D eigenvalue weighted by molar-refractivity contribution is 0.0423. The van der Waals surface area contributed by atoms with Crippen molar-refractivity contribution in [3.05, 3.63) is 57.2 Å². The highest BCUT2D eigenvalue weighted by Gasteiger charge is 2.35. The number of fused-ring (bicyclic) bond motifs is 1. The van der Waals surface area contributed by atoms with Gasteiger partial charge >= 0.3 is 10.3 Å². The van der Waals surface area contributed by atoms with Gasteiger partial charge in [0.15, 0.2) is 0 Å². The second-order valence-corrected chi connectivity index (χ2v) is 11.9. The molecule has 2 aliphatic rings. The first-order valence-corrected chi connectivity index (χ1v) is 14.1. The van der Waals surface area contributed by atoms with Gasteiger partial charge in [-0.25, -0.2) is 15.0 Å². The first-order valence-electron chi connectivity index (χ1n) is 11.9. The minimum absolute atomic E-state index is 0.0913. The summed E-state index contributed by atoms with van der Waals surface area (Å²) in [5.41, 5.74) is 2.27. The van der Waals surface area contributed by atoms with E-state index in [1.165, 1.54) is 23.9 Å². The molecule has 198 valence electrons. The summed E-state index contributed by atoms with van der Waals surface area (Å²) in [6, 6.07) is 1.60. The molecular weight excluding hydrogens is 520 g/mol. The van der Waals surface area contributed by atoms with Crippen LogP contribution < -0.4 is 10.0 Å². The minimum atomic E-state index is -4.34. The van der Waals surface area contributed by atoms with E-state index < -0.39 is 22.3 Å². The molecule has 0 amide bonds. The van der Waals surface area contributed by atoms with Gasteiger partial charge in [-0.2, -0.15) is 13.1 Å². The smallest absolute Gasteiger partial charge is 0.333 e. The molecule has 1 aliphatic heterocycles. The number of carbonyl (C=O) groups is 1. The van der Waals surface area contributed by atoms with Crippen molar-refractivity contribution in [2.45, 2.75) is 51.5 Å². The van der Waals surface area contributed by atoms with Crippen LogP contribution in [0.25, 0.3) is 0 Å². The molecule has 14 heteroatoms. The maximum Gasteiger partial charge on any atom is 0.333 e. The molecule has 0 saturated heterocycles. The lowest BCUT2D eigenvalue weighted by Crippen LogP contribution is -2.32. The fourth-order valence-electron chi connectivity index (χ4n) is 5.00. The molecule has 0 aromatic carbocycles. The average molecular weight is 549 g/mol. The van der Waals surface area contributed by atoms with E-state index in [1.54, 1.807) is 0 Å².